The smallest absolute Gasteiger partial charge is 0.238 e. The summed E-state index contributed by atoms with van der Waals surface area (Å²) in [7, 11) is 0. The molecule has 2 aromatic rings. The maximum Gasteiger partial charge on any atom is 0.238 e. The van der Waals surface area contributed by atoms with Gasteiger partial charge in [0.25, 0.3) is 0 Å². The van der Waals surface area contributed by atoms with Crippen molar-refractivity contribution in [3.8, 4) is 0 Å². The van der Waals surface area contributed by atoms with E-state index in [4.69, 9.17) is 0 Å². The van der Waals surface area contributed by atoms with Crippen molar-refractivity contribution in [1.29, 1.82) is 0 Å². The standard InChI is InChI=1S/C18H21BrN4O/c19-15-4-6-16(7-5-15)21-18(24)14-23-11-9-22(10-12-23)13-17-3-1-2-8-20-17/h1-8H,9-14H2,(H,21,24). The summed E-state index contributed by atoms with van der Waals surface area (Å²) in [5.74, 6) is 0.0375. The molecule has 1 aliphatic rings. The van der Waals surface area contributed by atoms with Crippen LogP contribution < -0.4 is 5.32 Å². The zero-order valence-electron chi connectivity index (χ0n) is 13.5. The molecule has 2 heterocycles. The van der Waals surface area contributed by atoms with Gasteiger partial charge in [0.15, 0.2) is 0 Å². The third kappa shape index (κ3) is 5.12. The van der Waals surface area contributed by atoms with Crippen LogP contribution in [0.3, 0.4) is 0 Å². The molecule has 1 aromatic heterocycles. The summed E-state index contributed by atoms with van der Waals surface area (Å²) in [6.07, 6.45) is 1.83. The quantitative estimate of drug-likeness (QED) is 0.854. The van der Waals surface area contributed by atoms with Crippen molar-refractivity contribution in [1.82, 2.24) is 14.8 Å². The summed E-state index contributed by atoms with van der Waals surface area (Å²) < 4.78 is 1.00. The normalized spacial score (nSPS) is 16.0. The Kier molecular flexibility index (Phi) is 5.96. The molecule has 1 aliphatic heterocycles. The first-order valence-electron chi connectivity index (χ1n) is 8.09. The van der Waals surface area contributed by atoms with Crippen LogP contribution in [0, 0.1) is 0 Å². The number of nitrogens with one attached hydrogen (secondary N) is 1. The Morgan fingerprint density at radius 1 is 1.04 bits per heavy atom. The monoisotopic (exact) mass is 388 g/mol. The molecule has 1 aromatic carbocycles. The van der Waals surface area contributed by atoms with E-state index in [2.05, 4.69) is 42.1 Å². The number of amides is 1. The van der Waals surface area contributed by atoms with Crippen LogP contribution in [0.1, 0.15) is 5.69 Å². The number of carbonyl (C=O) groups is 1. The SMILES string of the molecule is O=C(CN1CCN(Cc2ccccn2)CC1)Nc1ccc(Br)cc1. The lowest BCUT2D eigenvalue weighted by Crippen LogP contribution is -2.48. The van der Waals surface area contributed by atoms with Gasteiger partial charge in [0.2, 0.25) is 5.91 Å². The minimum absolute atomic E-state index is 0.0375. The van der Waals surface area contributed by atoms with Crippen LogP contribution in [-0.2, 0) is 11.3 Å². The Balaban J connectivity index is 1.41. The largest absolute Gasteiger partial charge is 0.325 e. The fourth-order valence-electron chi connectivity index (χ4n) is 2.76. The molecule has 0 unspecified atom stereocenters. The number of hydrogen-bond acceptors (Lipinski definition) is 4. The van der Waals surface area contributed by atoms with Gasteiger partial charge in [-0.25, -0.2) is 0 Å². The third-order valence-corrected chi connectivity index (χ3v) is 4.60. The molecule has 24 heavy (non-hydrogen) atoms. The van der Waals surface area contributed by atoms with Gasteiger partial charge in [-0.2, -0.15) is 0 Å². The van der Waals surface area contributed by atoms with E-state index in [1.54, 1.807) is 0 Å². The second-order valence-corrected chi connectivity index (χ2v) is 6.84. The Hall–Kier alpha value is -1.76. The van der Waals surface area contributed by atoms with Crippen molar-refractivity contribution in [3.05, 3.63) is 58.8 Å². The topological polar surface area (TPSA) is 48.5 Å². The molecule has 0 bridgehead atoms. The van der Waals surface area contributed by atoms with Crippen LogP contribution in [0.4, 0.5) is 5.69 Å². The van der Waals surface area contributed by atoms with Gasteiger partial charge in [0, 0.05) is 49.1 Å². The molecule has 0 atom stereocenters. The summed E-state index contributed by atoms with van der Waals surface area (Å²) >= 11 is 3.39. The van der Waals surface area contributed by atoms with E-state index >= 15 is 0 Å². The van der Waals surface area contributed by atoms with E-state index in [-0.39, 0.29) is 5.91 Å². The van der Waals surface area contributed by atoms with Crippen molar-refractivity contribution in [2.75, 3.05) is 38.0 Å². The Labute approximate surface area is 150 Å². The average molecular weight is 389 g/mol. The van der Waals surface area contributed by atoms with Crippen molar-refractivity contribution in [2.24, 2.45) is 0 Å². The third-order valence-electron chi connectivity index (χ3n) is 4.07. The second kappa shape index (κ2) is 8.37. The van der Waals surface area contributed by atoms with E-state index in [0.29, 0.717) is 6.54 Å². The fourth-order valence-corrected chi connectivity index (χ4v) is 3.03. The van der Waals surface area contributed by atoms with Crippen LogP contribution in [0.5, 0.6) is 0 Å². The highest BCUT2D eigenvalue weighted by Crippen LogP contribution is 2.14. The van der Waals surface area contributed by atoms with E-state index in [1.165, 1.54) is 0 Å². The van der Waals surface area contributed by atoms with Crippen LogP contribution in [-0.4, -0.2) is 53.4 Å². The zero-order chi connectivity index (χ0) is 16.8. The van der Waals surface area contributed by atoms with Gasteiger partial charge in [-0.05, 0) is 36.4 Å². The maximum absolute atomic E-state index is 12.2. The van der Waals surface area contributed by atoms with Gasteiger partial charge in [0.05, 0.1) is 12.2 Å². The zero-order valence-corrected chi connectivity index (χ0v) is 15.1. The summed E-state index contributed by atoms with van der Waals surface area (Å²) in [6.45, 7) is 5.04. The summed E-state index contributed by atoms with van der Waals surface area (Å²) in [5.41, 5.74) is 1.93. The van der Waals surface area contributed by atoms with Gasteiger partial charge in [-0.1, -0.05) is 22.0 Å². The highest BCUT2D eigenvalue weighted by atomic mass is 79.9. The predicted molar refractivity (Wildman–Crippen MR) is 98.7 cm³/mol. The first-order valence-corrected chi connectivity index (χ1v) is 8.88. The molecular formula is C18H21BrN4O. The van der Waals surface area contributed by atoms with Crippen molar-refractivity contribution in [3.63, 3.8) is 0 Å². The number of aromatic nitrogens is 1. The fraction of sp³-hybridized carbons (Fsp3) is 0.333. The minimum atomic E-state index is 0.0375. The molecule has 126 valence electrons. The Morgan fingerprint density at radius 2 is 1.75 bits per heavy atom. The number of rotatable bonds is 5. The number of anilines is 1. The molecule has 6 heteroatoms. The molecule has 0 radical (unpaired) electrons. The van der Waals surface area contributed by atoms with Crippen LogP contribution in [0.25, 0.3) is 0 Å². The van der Waals surface area contributed by atoms with Crippen LogP contribution >= 0.6 is 15.9 Å². The van der Waals surface area contributed by atoms with Gasteiger partial charge in [0.1, 0.15) is 0 Å². The number of benzene rings is 1. The number of pyridine rings is 1. The second-order valence-electron chi connectivity index (χ2n) is 5.93. The summed E-state index contributed by atoms with van der Waals surface area (Å²) in [6, 6.07) is 13.6. The van der Waals surface area contributed by atoms with Crippen LogP contribution in [0.15, 0.2) is 53.1 Å². The molecule has 0 saturated carbocycles. The van der Waals surface area contributed by atoms with E-state index in [9.17, 15) is 4.79 Å². The molecule has 0 aliphatic carbocycles. The predicted octanol–water partition coefficient (Wildman–Crippen LogP) is 2.60. The lowest BCUT2D eigenvalue weighted by atomic mass is 10.2. The van der Waals surface area contributed by atoms with Gasteiger partial charge in [-0.15, -0.1) is 0 Å². The Bertz CT molecular complexity index is 654. The van der Waals surface area contributed by atoms with E-state index in [0.717, 1.165) is 48.6 Å². The van der Waals surface area contributed by atoms with E-state index in [1.807, 2.05) is 42.6 Å². The lowest BCUT2D eigenvalue weighted by Gasteiger charge is -2.34. The highest BCUT2D eigenvalue weighted by molar-refractivity contribution is 9.10. The number of halogens is 1. The van der Waals surface area contributed by atoms with Gasteiger partial charge >= 0.3 is 0 Å². The van der Waals surface area contributed by atoms with Crippen LogP contribution in [0.2, 0.25) is 0 Å². The first-order chi connectivity index (χ1) is 11.7. The Morgan fingerprint density at radius 3 is 2.42 bits per heavy atom. The number of piperazine rings is 1. The van der Waals surface area contributed by atoms with Crippen molar-refractivity contribution in [2.45, 2.75) is 6.54 Å². The lowest BCUT2D eigenvalue weighted by molar-refractivity contribution is -0.117. The number of carbonyl (C=O) groups excluding carboxylic acids is 1. The summed E-state index contributed by atoms with van der Waals surface area (Å²) in [4.78, 5) is 21.1. The van der Waals surface area contributed by atoms with Crippen molar-refractivity contribution >= 4 is 27.5 Å². The molecular weight excluding hydrogens is 368 g/mol. The molecule has 5 nitrogen and oxygen atoms in total. The molecule has 1 N–H and O–H groups in total. The van der Waals surface area contributed by atoms with E-state index < -0.39 is 0 Å². The molecule has 1 fully saturated rings. The molecule has 1 saturated heterocycles. The minimum Gasteiger partial charge on any atom is -0.325 e. The van der Waals surface area contributed by atoms with Gasteiger partial charge in [-0.3, -0.25) is 19.6 Å². The maximum atomic E-state index is 12.2. The highest BCUT2D eigenvalue weighted by Gasteiger charge is 2.19. The summed E-state index contributed by atoms with van der Waals surface area (Å²) in [5, 5.41) is 2.94. The molecule has 3 rings (SSSR count). The van der Waals surface area contributed by atoms with Crippen molar-refractivity contribution < 1.29 is 4.79 Å². The van der Waals surface area contributed by atoms with Gasteiger partial charge < -0.3 is 5.32 Å². The molecule has 0 spiro atoms. The average Bonchev–Trinajstić information content (AvgIpc) is 2.60. The number of nitrogens with zero attached hydrogens (tertiary/aromatic N) is 3. The molecule has 1 amide bonds. The number of hydrogen-bond donors (Lipinski definition) is 1. The first kappa shape index (κ1) is 17.1.